The molecule has 19 heavy (non-hydrogen) atoms. The summed E-state index contributed by atoms with van der Waals surface area (Å²) in [4.78, 5) is 11.8. The maximum Gasteiger partial charge on any atom is 0.234 e. The van der Waals surface area contributed by atoms with E-state index < -0.39 is 0 Å². The number of aromatic nitrogens is 1. The highest BCUT2D eigenvalue weighted by Gasteiger charge is 2.11. The average Bonchev–Trinajstić information content (AvgIpc) is 2.70. The van der Waals surface area contributed by atoms with Crippen LogP contribution >= 0.6 is 0 Å². The highest BCUT2D eigenvalue weighted by molar-refractivity contribution is 5.90. The summed E-state index contributed by atoms with van der Waals surface area (Å²) < 4.78 is 5.04. The van der Waals surface area contributed by atoms with Crippen LogP contribution in [0.3, 0.4) is 0 Å². The molecular weight excluding hydrogens is 242 g/mol. The lowest BCUT2D eigenvalue weighted by atomic mass is 10.1. The third kappa shape index (κ3) is 3.34. The number of anilines is 2. The van der Waals surface area contributed by atoms with E-state index in [1.54, 1.807) is 0 Å². The first-order valence-corrected chi connectivity index (χ1v) is 6.13. The maximum atomic E-state index is 11.8. The Morgan fingerprint density at radius 2 is 2.00 bits per heavy atom. The fourth-order valence-corrected chi connectivity index (χ4v) is 1.66. The lowest BCUT2D eigenvalue weighted by Crippen LogP contribution is -2.12. The number of benzene rings is 1. The first-order chi connectivity index (χ1) is 9.06. The molecule has 3 N–H and O–H groups in total. The van der Waals surface area contributed by atoms with Crippen molar-refractivity contribution < 1.29 is 9.32 Å². The molecule has 0 atom stereocenters. The van der Waals surface area contributed by atoms with Gasteiger partial charge in [-0.25, -0.2) is 0 Å². The summed E-state index contributed by atoms with van der Waals surface area (Å²) in [5.74, 6) is 0.343. The van der Waals surface area contributed by atoms with E-state index in [0.717, 1.165) is 22.5 Å². The third-order valence-electron chi connectivity index (χ3n) is 3.03. The summed E-state index contributed by atoms with van der Waals surface area (Å²) in [6, 6.07) is 7.51. The lowest BCUT2D eigenvalue weighted by molar-refractivity contribution is -0.116. The van der Waals surface area contributed by atoms with Gasteiger partial charge in [-0.15, -0.1) is 0 Å². The molecule has 5 nitrogen and oxygen atoms in total. The minimum Gasteiger partial charge on any atom is -0.399 e. The van der Waals surface area contributed by atoms with Crippen molar-refractivity contribution in [2.75, 3.05) is 11.1 Å². The molecule has 0 spiro atoms. The number of amides is 1. The van der Waals surface area contributed by atoms with Gasteiger partial charge < -0.3 is 10.3 Å². The van der Waals surface area contributed by atoms with Crippen LogP contribution in [0.4, 0.5) is 11.6 Å². The van der Waals surface area contributed by atoms with Gasteiger partial charge >= 0.3 is 0 Å². The number of nitrogens with zero attached hydrogens (tertiary/aromatic N) is 1. The van der Waals surface area contributed by atoms with Crippen molar-refractivity contribution in [2.24, 2.45) is 0 Å². The number of hydrogen-bond donors (Lipinski definition) is 2. The molecule has 1 aromatic carbocycles. The number of nitrogens with two attached hydrogens (primary N) is 1. The van der Waals surface area contributed by atoms with Gasteiger partial charge in [-0.05, 0) is 38.0 Å². The Balaban J connectivity index is 1.88. The Labute approximate surface area is 111 Å². The fraction of sp³-hybridized carbons (Fsp3) is 0.286. The number of nitrogen functional groups attached to an aromatic ring is 1. The van der Waals surface area contributed by atoms with Gasteiger partial charge in [0.25, 0.3) is 0 Å². The molecule has 2 aromatic rings. The summed E-state index contributed by atoms with van der Waals surface area (Å²) in [5, 5.41) is 6.51. The normalized spacial score (nSPS) is 10.4. The molecule has 0 bridgehead atoms. The van der Waals surface area contributed by atoms with E-state index in [4.69, 9.17) is 10.3 Å². The van der Waals surface area contributed by atoms with Crippen molar-refractivity contribution in [1.29, 1.82) is 0 Å². The van der Waals surface area contributed by atoms with Crippen LogP contribution in [-0.4, -0.2) is 11.1 Å². The predicted molar refractivity (Wildman–Crippen MR) is 73.8 cm³/mol. The summed E-state index contributed by atoms with van der Waals surface area (Å²) in [6.07, 6.45) is 1.06. The molecule has 0 unspecified atom stereocenters. The number of carbonyl (C=O) groups excluding carboxylic acids is 1. The zero-order valence-corrected chi connectivity index (χ0v) is 11.1. The van der Waals surface area contributed by atoms with E-state index in [9.17, 15) is 4.79 Å². The van der Waals surface area contributed by atoms with Gasteiger partial charge in [0.05, 0.1) is 5.69 Å². The molecule has 100 valence electrons. The van der Waals surface area contributed by atoms with Gasteiger partial charge in [0.15, 0.2) is 0 Å². The minimum atomic E-state index is -0.0870. The first kappa shape index (κ1) is 13.1. The highest BCUT2D eigenvalue weighted by Crippen LogP contribution is 2.17. The summed E-state index contributed by atoms with van der Waals surface area (Å²) >= 11 is 0. The largest absolute Gasteiger partial charge is 0.399 e. The highest BCUT2D eigenvalue weighted by atomic mass is 16.5. The molecule has 2 rings (SSSR count). The van der Waals surface area contributed by atoms with Crippen molar-refractivity contribution in [1.82, 2.24) is 5.16 Å². The van der Waals surface area contributed by atoms with E-state index >= 15 is 0 Å². The Hall–Kier alpha value is -2.30. The van der Waals surface area contributed by atoms with Crippen molar-refractivity contribution in [3.8, 4) is 0 Å². The molecule has 0 fully saturated rings. The van der Waals surface area contributed by atoms with E-state index in [1.165, 1.54) is 0 Å². The molecular formula is C14H17N3O2. The van der Waals surface area contributed by atoms with Crippen LogP contribution in [0, 0.1) is 13.8 Å². The van der Waals surface area contributed by atoms with Gasteiger partial charge in [0.1, 0.15) is 0 Å². The van der Waals surface area contributed by atoms with Crippen molar-refractivity contribution >= 4 is 17.5 Å². The van der Waals surface area contributed by atoms with Crippen LogP contribution in [-0.2, 0) is 11.2 Å². The van der Waals surface area contributed by atoms with Crippen molar-refractivity contribution in [3.05, 3.63) is 41.1 Å². The second-order valence-corrected chi connectivity index (χ2v) is 4.51. The van der Waals surface area contributed by atoms with Crippen LogP contribution < -0.4 is 11.1 Å². The third-order valence-corrected chi connectivity index (χ3v) is 3.03. The topological polar surface area (TPSA) is 81.2 Å². The summed E-state index contributed by atoms with van der Waals surface area (Å²) in [6.45, 7) is 3.70. The molecule has 0 aliphatic carbocycles. The van der Waals surface area contributed by atoms with Gasteiger partial charge in [0, 0.05) is 17.7 Å². The summed E-state index contributed by atoms with van der Waals surface area (Å²) in [5.41, 5.74) is 9.05. The quantitative estimate of drug-likeness (QED) is 0.826. The smallest absolute Gasteiger partial charge is 0.234 e. The number of rotatable bonds is 4. The van der Waals surface area contributed by atoms with E-state index in [-0.39, 0.29) is 5.91 Å². The SMILES string of the molecule is Cc1noc(NC(=O)CCc2ccc(N)cc2)c1C. The van der Waals surface area contributed by atoms with Gasteiger partial charge in [-0.3, -0.25) is 10.1 Å². The molecule has 1 heterocycles. The molecule has 0 aliphatic heterocycles. The molecule has 0 radical (unpaired) electrons. The number of carbonyl (C=O) groups is 1. The van der Waals surface area contributed by atoms with Crippen LogP contribution in [0.5, 0.6) is 0 Å². The molecule has 5 heteroatoms. The Kier molecular flexibility index (Phi) is 3.85. The molecule has 0 saturated heterocycles. The van der Waals surface area contributed by atoms with Crippen LogP contribution in [0.2, 0.25) is 0 Å². The van der Waals surface area contributed by atoms with Gasteiger partial charge in [-0.1, -0.05) is 17.3 Å². The Morgan fingerprint density at radius 1 is 1.32 bits per heavy atom. The zero-order chi connectivity index (χ0) is 13.8. The Morgan fingerprint density at radius 3 is 2.58 bits per heavy atom. The second-order valence-electron chi connectivity index (χ2n) is 4.51. The van der Waals surface area contributed by atoms with Crippen LogP contribution in [0.15, 0.2) is 28.8 Å². The fourth-order valence-electron chi connectivity index (χ4n) is 1.66. The van der Waals surface area contributed by atoms with Crippen LogP contribution in [0.25, 0.3) is 0 Å². The van der Waals surface area contributed by atoms with Crippen molar-refractivity contribution in [3.63, 3.8) is 0 Å². The lowest BCUT2D eigenvalue weighted by Gasteiger charge is -2.03. The van der Waals surface area contributed by atoms with Gasteiger partial charge in [0.2, 0.25) is 11.8 Å². The molecule has 0 aliphatic rings. The van der Waals surface area contributed by atoms with Gasteiger partial charge in [-0.2, -0.15) is 0 Å². The van der Waals surface area contributed by atoms with E-state index in [0.29, 0.717) is 18.7 Å². The number of hydrogen-bond acceptors (Lipinski definition) is 4. The minimum absolute atomic E-state index is 0.0870. The van der Waals surface area contributed by atoms with E-state index in [2.05, 4.69) is 10.5 Å². The Bertz CT molecular complexity index is 573. The first-order valence-electron chi connectivity index (χ1n) is 6.13. The average molecular weight is 259 g/mol. The second kappa shape index (κ2) is 5.56. The molecule has 0 saturated carbocycles. The monoisotopic (exact) mass is 259 g/mol. The standard InChI is InChI=1S/C14H17N3O2/c1-9-10(2)17-19-14(9)16-13(18)8-5-11-3-6-12(15)7-4-11/h3-4,6-7H,5,8,15H2,1-2H3,(H,16,18). The molecule has 1 aromatic heterocycles. The predicted octanol–water partition coefficient (Wildman–Crippen LogP) is 2.44. The number of nitrogens with one attached hydrogen (secondary N) is 1. The summed E-state index contributed by atoms with van der Waals surface area (Å²) in [7, 11) is 0. The zero-order valence-electron chi connectivity index (χ0n) is 11.1. The molecule has 1 amide bonds. The van der Waals surface area contributed by atoms with Crippen molar-refractivity contribution in [2.45, 2.75) is 26.7 Å². The van der Waals surface area contributed by atoms with E-state index in [1.807, 2.05) is 38.1 Å². The van der Waals surface area contributed by atoms with Crippen LogP contribution in [0.1, 0.15) is 23.2 Å². The number of aryl methyl sites for hydroxylation is 2. The maximum absolute atomic E-state index is 11.8.